The van der Waals surface area contributed by atoms with Gasteiger partial charge in [-0.05, 0) is 74.9 Å². The molecule has 0 radical (unpaired) electrons. The summed E-state index contributed by atoms with van der Waals surface area (Å²) in [7, 11) is -4.02. The molecular weight excluding hydrogens is 745 g/mol. The summed E-state index contributed by atoms with van der Waals surface area (Å²) in [5.74, 6) is -0.150. The fourth-order valence-electron chi connectivity index (χ4n) is 5.30. The van der Waals surface area contributed by atoms with Gasteiger partial charge in [0.1, 0.15) is 10.3 Å². The zero-order valence-corrected chi connectivity index (χ0v) is 31.2. The molecule has 2 fully saturated rings. The number of carbonyl (C=O) groups excluding carboxylic acids is 1. The predicted molar refractivity (Wildman–Crippen MR) is 196 cm³/mol. The van der Waals surface area contributed by atoms with Crippen LogP contribution >= 0.6 is 23.2 Å². The summed E-state index contributed by atoms with van der Waals surface area (Å²) < 4.78 is 41.2. The third-order valence-corrected chi connectivity index (χ3v) is 11.4. The number of nitrogens with one attached hydrogen (secondary N) is 1. The molecule has 2 aliphatic rings. The van der Waals surface area contributed by atoms with Gasteiger partial charge >= 0.3 is 5.97 Å². The molecule has 5 aromatic rings. The Hall–Kier alpha value is -4.99. The number of aromatic carboxylic acids is 1. The first-order valence-corrected chi connectivity index (χ1v) is 19.2. The number of ether oxygens (including phenoxy) is 2. The van der Waals surface area contributed by atoms with Gasteiger partial charge in [-0.25, -0.2) is 37.3 Å². The maximum Gasteiger partial charge on any atom is 0.338 e. The van der Waals surface area contributed by atoms with Gasteiger partial charge in [-0.15, -0.1) is 10.2 Å². The SMILES string of the molecule is CCC1(COc2ccn(-c3ccc(C(=O)NS(=O)(=O)c4ccccc4)c(Cl)n3)n2)CC1.CCC1(COc2ccn(-c3ccc(C(=O)O)c(Cl)n3)n2)CC1. The molecule has 2 aliphatic carbocycles. The molecule has 4 aromatic heterocycles. The second-order valence-corrected chi connectivity index (χ2v) is 15.4. The highest BCUT2D eigenvalue weighted by Crippen LogP contribution is 2.49. The number of halogens is 2. The van der Waals surface area contributed by atoms with Crippen molar-refractivity contribution in [2.45, 2.75) is 57.3 Å². The summed E-state index contributed by atoms with van der Waals surface area (Å²) in [6, 6.07) is 17.0. The van der Waals surface area contributed by atoms with E-state index in [4.69, 9.17) is 37.8 Å². The van der Waals surface area contributed by atoms with E-state index in [-0.39, 0.29) is 31.7 Å². The van der Waals surface area contributed by atoms with Gasteiger partial charge in [0.15, 0.2) is 11.6 Å². The fourth-order valence-corrected chi connectivity index (χ4v) is 6.75. The van der Waals surface area contributed by atoms with E-state index >= 15 is 0 Å². The Morgan fingerprint density at radius 3 is 1.64 bits per heavy atom. The molecule has 1 amide bonds. The van der Waals surface area contributed by atoms with Crippen molar-refractivity contribution < 1.29 is 32.6 Å². The van der Waals surface area contributed by atoms with Gasteiger partial charge in [0.05, 0.1) is 29.2 Å². The van der Waals surface area contributed by atoms with Crippen LogP contribution in [-0.2, 0) is 10.0 Å². The monoisotopic (exact) mass is 781 g/mol. The molecule has 0 bridgehead atoms. The van der Waals surface area contributed by atoms with Crippen molar-refractivity contribution in [3.63, 3.8) is 0 Å². The minimum atomic E-state index is -4.02. The normalized spacial score (nSPS) is 15.1. The van der Waals surface area contributed by atoms with Crippen LogP contribution in [0, 0.1) is 10.8 Å². The van der Waals surface area contributed by atoms with Gasteiger partial charge in [-0.2, -0.15) is 0 Å². The molecule has 7 rings (SSSR count). The maximum atomic E-state index is 12.5. The summed E-state index contributed by atoms with van der Waals surface area (Å²) in [5.41, 5.74) is 0.509. The molecule has 0 atom stereocenters. The van der Waals surface area contributed by atoms with Crippen molar-refractivity contribution >= 4 is 45.1 Å². The van der Waals surface area contributed by atoms with Crippen LogP contribution in [0.25, 0.3) is 11.6 Å². The minimum absolute atomic E-state index is 0.0239. The largest absolute Gasteiger partial charge is 0.478 e. The van der Waals surface area contributed by atoms with Crippen LogP contribution in [0.2, 0.25) is 10.3 Å². The van der Waals surface area contributed by atoms with Crippen molar-refractivity contribution in [3.8, 4) is 23.4 Å². The van der Waals surface area contributed by atoms with Gasteiger partial charge in [0.25, 0.3) is 15.9 Å². The number of aromatic nitrogens is 6. The third-order valence-electron chi connectivity index (χ3n) is 9.49. The first-order chi connectivity index (χ1) is 25.3. The summed E-state index contributed by atoms with van der Waals surface area (Å²) in [6.45, 7) is 5.63. The molecule has 2 N–H and O–H groups in total. The van der Waals surface area contributed by atoms with Crippen molar-refractivity contribution in [3.05, 3.63) is 101 Å². The van der Waals surface area contributed by atoms with E-state index < -0.39 is 21.9 Å². The van der Waals surface area contributed by atoms with Crippen molar-refractivity contribution in [1.29, 1.82) is 0 Å². The second kappa shape index (κ2) is 15.5. The van der Waals surface area contributed by atoms with Gasteiger partial charge in [-0.1, -0.05) is 55.2 Å². The Bertz CT molecular complexity index is 2220. The van der Waals surface area contributed by atoms with Gasteiger partial charge < -0.3 is 14.6 Å². The lowest BCUT2D eigenvalue weighted by Gasteiger charge is -2.11. The topological polar surface area (TPSA) is 180 Å². The molecule has 1 aromatic carbocycles. The van der Waals surface area contributed by atoms with Crippen LogP contribution in [-0.4, -0.2) is 68.1 Å². The number of nitrogens with zero attached hydrogens (tertiary/aromatic N) is 6. The maximum absolute atomic E-state index is 12.5. The number of sulfonamides is 1. The fraction of sp³-hybridized carbons (Fsp3) is 0.333. The van der Waals surface area contributed by atoms with Crippen LogP contribution in [0.15, 0.2) is 84.0 Å². The van der Waals surface area contributed by atoms with Crippen LogP contribution in [0.5, 0.6) is 11.8 Å². The first-order valence-electron chi connectivity index (χ1n) is 16.9. The Morgan fingerprint density at radius 1 is 0.755 bits per heavy atom. The summed E-state index contributed by atoms with van der Waals surface area (Å²) >= 11 is 12.0. The predicted octanol–water partition coefficient (Wildman–Crippen LogP) is 6.80. The van der Waals surface area contributed by atoms with E-state index in [2.05, 4.69) is 34.0 Å². The number of carbonyl (C=O) groups is 2. The average Bonchev–Trinajstić information content (AvgIpc) is 4.01. The number of carboxylic acids is 1. The van der Waals surface area contributed by atoms with Gasteiger partial charge in [0.2, 0.25) is 11.8 Å². The zero-order valence-electron chi connectivity index (χ0n) is 28.9. The molecule has 17 heteroatoms. The minimum Gasteiger partial charge on any atom is -0.478 e. The molecule has 0 aliphatic heterocycles. The van der Waals surface area contributed by atoms with E-state index in [0.29, 0.717) is 42.0 Å². The average molecular weight is 783 g/mol. The highest BCUT2D eigenvalue weighted by atomic mass is 35.5. The number of hydrogen-bond acceptors (Lipinski definition) is 10. The lowest BCUT2D eigenvalue weighted by atomic mass is 10.1. The standard InChI is InChI=1S/C21H21ClN4O4S.C15H16ClN3O3/c1-2-21(11-12-21)14-30-18-10-13-26(24-18)17-9-8-16(19(22)23-17)20(27)25-31(28,29)15-6-4-3-5-7-15;1-2-15(6-7-15)9-22-12-5-8-19(18-12)11-4-3-10(14(20)21)13(16)17-11/h3-10,13H,2,11-12,14H2,1H3,(H,25,27);3-5,8H,2,6-7,9H2,1H3,(H,20,21). The number of pyridine rings is 2. The smallest absolute Gasteiger partial charge is 0.338 e. The summed E-state index contributed by atoms with van der Waals surface area (Å²) in [4.78, 5) is 31.6. The third kappa shape index (κ3) is 9.15. The lowest BCUT2D eigenvalue weighted by Crippen LogP contribution is -2.31. The number of carboxylic acid groups (broad SMARTS) is 1. The van der Waals surface area contributed by atoms with Gasteiger partial charge in [0, 0.05) is 35.4 Å². The summed E-state index contributed by atoms with van der Waals surface area (Å²) in [6.07, 6.45) is 10.3. The van der Waals surface area contributed by atoms with Crippen LogP contribution in [0.4, 0.5) is 0 Å². The van der Waals surface area contributed by atoms with E-state index in [0.717, 1.165) is 12.8 Å². The lowest BCUT2D eigenvalue weighted by molar-refractivity contribution is 0.0696. The Morgan fingerprint density at radius 2 is 1.23 bits per heavy atom. The van der Waals surface area contributed by atoms with E-state index in [1.54, 1.807) is 48.8 Å². The highest BCUT2D eigenvalue weighted by Gasteiger charge is 2.42. The van der Waals surface area contributed by atoms with E-state index in [1.807, 2.05) is 4.72 Å². The van der Waals surface area contributed by atoms with Crippen LogP contribution in [0.3, 0.4) is 0 Å². The molecule has 0 unspecified atom stereocenters. The van der Waals surface area contributed by atoms with Crippen LogP contribution in [0.1, 0.15) is 73.1 Å². The molecule has 2 saturated carbocycles. The molecule has 14 nitrogen and oxygen atoms in total. The van der Waals surface area contributed by atoms with Crippen molar-refractivity contribution in [2.75, 3.05) is 13.2 Å². The molecular formula is C36H37Cl2N7O7S. The number of rotatable bonds is 14. The van der Waals surface area contributed by atoms with Gasteiger partial charge in [-0.3, -0.25) is 4.79 Å². The Kier molecular flexibility index (Phi) is 11.1. The molecule has 4 heterocycles. The van der Waals surface area contributed by atoms with Crippen LogP contribution < -0.4 is 14.2 Å². The highest BCUT2D eigenvalue weighted by molar-refractivity contribution is 7.90. The number of hydrogen-bond donors (Lipinski definition) is 2. The Balaban J connectivity index is 0.000000192. The molecule has 0 saturated heterocycles. The molecule has 0 spiro atoms. The summed E-state index contributed by atoms with van der Waals surface area (Å²) in [5, 5.41) is 17.4. The first kappa shape index (κ1) is 37.8. The molecule has 278 valence electrons. The van der Waals surface area contributed by atoms with Crippen molar-refractivity contribution in [1.82, 2.24) is 34.3 Å². The van der Waals surface area contributed by atoms with E-state index in [9.17, 15) is 18.0 Å². The van der Waals surface area contributed by atoms with E-state index in [1.165, 1.54) is 65.4 Å². The Labute approximate surface area is 316 Å². The van der Waals surface area contributed by atoms with Crippen molar-refractivity contribution in [2.24, 2.45) is 10.8 Å². The molecule has 53 heavy (non-hydrogen) atoms. The zero-order chi connectivity index (χ0) is 37.8. The number of amides is 1. The number of benzene rings is 1. The second-order valence-electron chi connectivity index (χ2n) is 13.1. The quantitative estimate of drug-likeness (QED) is 0.113.